The molecule has 2 aromatic rings. The van der Waals surface area contributed by atoms with Gasteiger partial charge in [0.05, 0.1) is 10.6 Å². The number of hydrogen-bond acceptors (Lipinski definition) is 3. The molecule has 6 heteroatoms. The van der Waals surface area contributed by atoms with Crippen LogP contribution in [-0.4, -0.2) is 20.9 Å². The van der Waals surface area contributed by atoms with Crippen molar-refractivity contribution in [3.63, 3.8) is 0 Å². The number of benzene rings is 2. The summed E-state index contributed by atoms with van der Waals surface area (Å²) in [5, 5.41) is 2.84. The van der Waals surface area contributed by atoms with Crippen molar-refractivity contribution in [2.45, 2.75) is 57.3 Å². The van der Waals surface area contributed by atoms with Crippen LogP contribution in [-0.2, 0) is 14.8 Å². The Labute approximate surface area is 168 Å². The number of anilines is 2. The van der Waals surface area contributed by atoms with Gasteiger partial charge in [-0.05, 0) is 49.7 Å². The number of nitrogens with one attached hydrogen (secondary N) is 1. The third-order valence-corrected chi connectivity index (χ3v) is 6.48. The zero-order valence-corrected chi connectivity index (χ0v) is 17.5. The lowest BCUT2D eigenvalue weighted by Crippen LogP contribution is -2.30. The molecule has 0 aromatic heterocycles. The van der Waals surface area contributed by atoms with E-state index in [4.69, 9.17) is 0 Å². The van der Waals surface area contributed by atoms with E-state index in [0.29, 0.717) is 24.3 Å². The van der Waals surface area contributed by atoms with Gasteiger partial charge in [-0.25, -0.2) is 8.42 Å². The third kappa shape index (κ3) is 6.09. The van der Waals surface area contributed by atoms with Gasteiger partial charge in [0.2, 0.25) is 5.91 Å². The van der Waals surface area contributed by atoms with Crippen molar-refractivity contribution in [1.29, 1.82) is 0 Å². The van der Waals surface area contributed by atoms with Crippen LogP contribution >= 0.6 is 0 Å². The second kappa shape index (κ2) is 10.9. The Morgan fingerprint density at radius 3 is 2.14 bits per heavy atom. The monoisotopic (exact) mass is 402 g/mol. The maximum absolute atomic E-state index is 13.0. The van der Waals surface area contributed by atoms with Gasteiger partial charge in [0.25, 0.3) is 10.0 Å². The van der Waals surface area contributed by atoms with Crippen molar-refractivity contribution < 1.29 is 13.2 Å². The zero-order valence-electron chi connectivity index (χ0n) is 16.7. The average Bonchev–Trinajstić information content (AvgIpc) is 2.69. The van der Waals surface area contributed by atoms with E-state index < -0.39 is 10.0 Å². The topological polar surface area (TPSA) is 66.5 Å². The molecule has 152 valence electrons. The van der Waals surface area contributed by atoms with Crippen molar-refractivity contribution in [2.24, 2.45) is 0 Å². The molecule has 0 aliphatic heterocycles. The molecule has 0 bridgehead atoms. The van der Waals surface area contributed by atoms with Crippen LogP contribution in [0.2, 0.25) is 0 Å². The lowest BCUT2D eigenvalue weighted by Gasteiger charge is -2.23. The third-order valence-electron chi connectivity index (χ3n) is 4.56. The summed E-state index contributed by atoms with van der Waals surface area (Å²) in [6.45, 7) is 4.30. The molecule has 0 aliphatic carbocycles. The van der Waals surface area contributed by atoms with Gasteiger partial charge in [0, 0.05) is 18.7 Å². The number of para-hydroxylation sites is 1. The van der Waals surface area contributed by atoms with Crippen molar-refractivity contribution in [1.82, 2.24) is 0 Å². The van der Waals surface area contributed by atoms with Crippen LogP contribution in [0.5, 0.6) is 0 Å². The summed E-state index contributed by atoms with van der Waals surface area (Å²) in [6, 6.07) is 15.4. The van der Waals surface area contributed by atoms with E-state index in [9.17, 15) is 13.2 Å². The van der Waals surface area contributed by atoms with Crippen LogP contribution in [0.1, 0.15) is 52.4 Å². The summed E-state index contributed by atoms with van der Waals surface area (Å²) in [4.78, 5) is 12.2. The van der Waals surface area contributed by atoms with Gasteiger partial charge in [0.1, 0.15) is 0 Å². The first kappa shape index (κ1) is 22.0. The Bertz CT molecular complexity index is 834. The molecule has 1 amide bonds. The highest BCUT2D eigenvalue weighted by molar-refractivity contribution is 7.92. The fourth-order valence-electron chi connectivity index (χ4n) is 3.04. The highest BCUT2D eigenvalue weighted by Crippen LogP contribution is 2.24. The minimum absolute atomic E-state index is 0.0356. The predicted octanol–water partition coefficient (Wildman–Crippen LogP) is 5.20. The van der Waals surface area contributed by atoms with Gasteiger partial charge in [-0.2, -0.15) is 0 Å². The van der Waals surface area contributed by atoms with E-state index in [2.05, 4.69) is 12.2 Å². The first-order valence-electron chi connectivity index (χ1n) is 9.96. The molecule has 0 saturated heterocycles. The van der Waals surface area contributed by atoms with Crippen molar-refractivity contribution >= 4 is 27.3 Å². The molecular formula is C22H30N2O3S. The second-order valence-electron chi connectivity index (χ2n) is 6.74. The van der Waals surface area contributed by atoms with Crippen LogP contribution in [0.3, 0.4) is 0 Å². The Hall–Kier alpha value is -2.34. The standard InChI is InChI=1S/C22H30N2O3S/c1-3-5-6-7-11-14-22(25)23-19-15-17-21(18-16-19)28(26,27)24(4-2)20-12-9-8-10-13-20/h8-10,12-13,15-18H,3-7,11,14H2,1-2H3,(H,23,25). The maximum Gasteiger partial charge on any atom is 0.264 e. The zero-order chi connectivity index (χ0) is 20.4. The molecule has 2 aromatic carbocycles. The number of unbranched alkanes of at least 4 members (excludes halogenated alkanes) is 4. The Balaban J connectivity index is 2.00. The number of hydrogen-bond donors (Lipinski definition) is 1. The Kier molecular flexibility index (Phi) is 8.51. The number of rotatable bonds is 11. The highest BCUT2D eigenvalue weighted by Gasteiger charge is 2.23. The molecule has 0 aliphatic rings. The van der Waals surface area contributed by atoms with Crippen LogP contribution < -0.4 is 9.62 Å². The number of carbonyl (C=O) groups excluding carboxylic acids is 1. The minimum atomic E-state index is -3.65. The summed E-state index contributed by atoms with van der Waals surface area (Å²) < 4.78 is 27.3. The molecular weight excluding hydrogens is 372 g/mol. The van der Waals surface area contributed by atoms with Crippen LogP contribution in [0, 0.1) is 0 Å². The summed E-state index contributed by atoms with van der Waals surface area (Å²) in [5.74, 6) is -0.0356. The van der Waals surface area contributed by atoms with Gasteiger partial charge in [0.15, 0.2) is 0 Å². The lowest BCUT2D eigenvalue weighted by molar-refractivity contribution is -0.116. The molecule has 0 fully saturated rings. The first-order valence-corrected chi connectivity index (χ1v) is 11.4. The summed E-state index contributed by atoms with van der Waals surface area (Å²) in [5.41, 5.74) is 1.24. The maximum atomic E-state index is 13.0. The summed E-state index contributed by atoms with van der Waals surface area (Å²) in [7, 11) is -3.65. The van der Waals surface area contributed by atoms with Crippen LogP contribution in [0.15, 0.2) is 59.5 Å². The molecule has 0 spiro atoms. The molecule has 2 rings (SSSR count). The van der Waals surface area contributed by atoms with Crippen molar-refractivity contribution in [3.05, 3.63) is 54.6 Å². The first-order chi connectivity index (χ1) is 13.5. The predicted molar refractivity (Wildman–Crippen MR) is 115 cm³/mol. The van der Waals surface area contributed by atoms with Crippen molar-refractivity contribution in [3.8, 4) is 0 Å². The fraction of sp³-hybridized carbons (Fsp3) is 0.409. The quantitative estimate of drug-likeness (QED) is 0.525. The van der Waals surface area contributed by atoms with Crippen molar-refractivity contribution in [2.75, 3.05) is 16.2 Å². The molecule has 0 unspecified atom stereocenters. The van der Waals surface area contributed by atoms with E-state index in [0.717, 1.165) is 19.3 Å². The second-order valence-corrected chi connectivity index (χ2v) is 8.60. The molecule has 28 heavy (non-hydrogen) atoms. The smallest absolute Gasteiger partial charge is 0.264 e. The number of sulfonamides is 1. The van der Waals surface area contributed by atoms with Gasteiger partial charge < -0.3 is 5.32 Å². The van der Waals surface area contributed by atoms with Gasteiger partial charge in [-0.3, -0.25) is 9.10 Å². The average molecular weight is 403 g/mol. The summed E-state index contributed by atoms with van der Waals surface area (Å²) in [6.07, 6.45) is 5.97. The van der Waals surface area contributed by atoms with Gasteiger partial charge in [-0.15, -0.1) is 0 Å². The van der Waals surface area contributed by atoms with E-state index in [1.807, 2.05) is 18.2 Å². The van der Waals surface area contributed by atoms with Crippen LogP contribution in [0.4, 0.5) is 11.4 Å². The van der Waals surface area contributed by atoms with E-state index in [1.165, 1.54) is 29.3 Å². The van der Waals surface area contributed by atoms with E-state index in [1.54, 1.807) is 31.2 Å². The Morgan fingerprint density at radius 1 is 0.893 bits per heavy atom. The summed E-state index contributed by atoms with van der Waals surface area (Å²) >= 11 is 0. The Morgan fingerprint density at radius 2 is 1.54 bits per heavy atom. The SMILES string of the molecule is CCCCCCCC(=O)Nc1ccc(S(=O)(=O)N(CC)c2ccccc2)cc1. The number of carbonyl (C=O) groups is 1. The molecule has 5 nitrogen and oxygen atoms in total. The van der Waals surface area contributed by atoms with Crippen LogP contribution in [0.25, 0.3) is 0 Å². The highest BCUT2D eigenvalue weighted by atomic mass is 32.2. The van der Waals surface area contributed by atoms with E-state index >= 15 is 0 Å². The van der Waals surface area contributed by atoms with E-state index in [-0.39, 0.29) is 10.8 Å². The van der Waals surface area contributed by atoms with Gasteiger partial charge in [-0.1, -0.05) is 50.8 Å². The number of amides is 1. The molecule has 0 radical (unpaired) electrons. The normalized spacial score (nSPS) is 11.2. The molecule has 0 saturated carbocycles. The van der Waals surface area contributed by atoms with Gasteiger partial charge >= 0.3 is 0 Å². The fourth-order valence-corrected chi connectivity index (χ4v) is 4.51. The molecule has 0 atom stereocenters. The molecule has 0 heterocycles. The molecule has 1 N–H and O–H groups in total. The lowest BCUT2D eigenvalue weighted by atomic mass is 10.1. The number of nitrogens with zero attached hydrogens (tertiary/aromatic N) is 1. The largest absolute Gasteiger partial charge is 0.326 e. The minimum Gasteiger partial charge on any atom is -0.326 e.